The molecule has 0 saturated heterocycles. The van der Waals surface area contributed by atoms with Gasteiger partial charge in [0.1, 0.15) is 5.75 Å². The Kier molecular flexibility index (Phi) is 4.55. The van der Waals surface area contributed by atoms with Crippen molar-refractivity contribution in [1.29, 1.82) is 0 Å². The summed E-state index contributed by atoms with van der Waals surface area (Å²) in [5.41, 5.74) is 8.59. The molecule has 24 heavy (non-hydrogen) atoms. The van der Waals surface area contributed by atoms with Crippen LogP contribution in [0.4, 0.5) is 0 Å². The van der Waals surface area contributed by atoms with Gasteiger partial charge in [-0.25, -0.2) is 4.99 Å². The van der Waals surface area contributed by atoms with E-state index in [1.54, 1.807) is 17.7 Å². The van der Waals surface area contributed by atoms with Crippen molar-refractivity contribution < 1.29 is 4.74 Å². The number of aryl methyl sites for hydroxylation is 1. The van der Waals surface area contributed by atoms with Crippen molar-refractivity contribution in [2.45, 2.75) is 25.9 Å². The normalized spacial score (nSPS) is 17.1. The minimum Gasteiger partial charge on any atom is -0.493 e. The molecule has 6 nitrogen and oxygen atoms in total. The molecule has 2 heterocycles. The third-order valence-corrected chi connectivity index (χ3v) is 4.33. The van der Waals surface area contributed by atoms with Crippen molar-refractivity contribution in [1.82, 2.24) is 9.88 Å². The lowest BCUT2D eigenvalue weighted by Crippen LogP contribution is -2.37. The van der Waals surface area contributed by atoms with Crippen LogP contribution < -0.4 is 21.3 Å². The summed E-state index contributed by atoms with van der Waals surface area (Å²) in [7, 11) is 1.76. The fourth-order valence-corrected chi connectivity index (χ4v) is 2.79. The summed E-state index contributed by atoms with van der Waals surface area (Å²) in [6.45, 7) is 2.80. The summed E-state index contributed by atoms with van der Waals surface area (Å²) in [4.78, 5) is 16.5. The molecule has 1 aliphatic rings. The van der Waals surface area contributed by atoms with Crippen molar-refractivity contribution >= 4 is 5.96 Å². The van der Waals surface area contributed by atoms with Crippen LogP contribution in [0.5, 0.6) is 5.75 Å². The number of para-hydroxylation sites is 1. The van der Waals surface area contributed by atoms with Crippen molar-refractivity contribution in [3.8, 4) is 5.75 Å². The van der Waals surface area contributed by atoms with E-state index >= 15 is 0 Å². The fraction of sp³-hybridized carbons (Fsp3) is 0.333. The van der Waals surface area contributed by atoms with Gasteiger partial charge in [-0.1, -0.05) is 18.2 Å². The molecule has 1 atom stereocenters. The van der Waals surface area contributed by atoms with E-state index in [1.807, 2.05) is 37.3 Å². The first-order chi connectivity index (χ1) is 11.6. The van der Waals surface area contributed by atoms with Gasteiger partial charge in [0, 0.05) is 30.3 Å². The number of aliphatic imine (C=N–C) groups is 1. The SMILES string of the molecule is Cc1ccc(CN=C(N)NC2CCOc3ccccc32)c(=O)n1C. The van der Waals surface area contributed by atoms with Crippen molar-refractivity contribution in [2.75, 3.05) is 6.61 Å². The Labute approximate surface area is 141 Å². The maximum Gasteiger partial charge on any atom is 0.255 e. The van der Waals surface area contributed by atoms with Crippen LogP contribution in [0.15, 0.2) is 46.2 Å². The van der Waals surface area contributed by atoms with Gasteiger partial charge in [-0.2, -0.15) is 0 Å². The van der Waals surface area contributed by atoms with Crippen LogP contribution in [-0.4, -0.2) is 17.1 Å². The zero-order chi connectivity index (χ0) is 17.1. The van der Waals surface area contributed by atoms with Crippen LogP contribution in [0, 0.1) is 6.92 Å². The topological polar surface area (TPSA) is 81.6 Å². The number of benzene rings is 1. The maximum atomic E-state index is 12.2. The van der Waals surface area contributed by atoms with Crippen LogP contribution >= 0.6 is 0 Å². The van der Waals surface area contributed by atoms with Crippen LogP contribution in [0.1, 0.15) is 29.3 Å². The molecule has 3 rings (SSSR count). The van der Waals surface area contributed by atoms with Crippen molar-refractivity contribution in [3.63, 3.8) is 0 Å². The number of guanidine groups is 1. The summed E-state index contributed by atoms with van der Waals surface area (Å²) >= 11 is 0. The quantitative estimate of drug-likeness (QED) is 0.663. The Bertz CT molecular complexity index is 826. The molecule has 6 heteroatoms. The second-order valence-corrected chi connectivity index (χ2v) is 5.94. The molecule has 0 amide bonds. The minimum atomic E-state index is -0.0389. The van der Waals surface area contributed by atoms with Crippen LogP contribution in [-0.2, 0) is 13.6 Å². The lowest BCUT2D eigenvalue weighted by Gasteiger charge is -2.26. The van der Waals surface area contributed by atoms with Crippen LogP contribution in [0.3, 0.4) is 0 Å². The fourth-order valence-electron chi connectivity index (χ4n) is 2.79. The van der Waals surface area contributed by atoms with E-state index in [9.17, 15) is 4.79 Å². The Balaban J connectivity index is 1.72. The third kappa shape index (κ3) is 3.27. The number of hydrogen-bond acceptors (Lipinski definition) is 3. The molecule has 1 unspecified atom stereocenters. The molecule has 1 aliphatic heterocycles. The molecule has 0 bridgehead atoms. The summed E-state index contributed by atoms with van der Waals surface area (Å²) in [5, 5.41) is 3.23. The van der Waals surface area contributed by atoms with Crippen molar-refractivity contribution in [2.24, 2.45) is 17.8 Å². The summed E-state index contributed by atoms with van der Waals surface area (Å²) in [6, 6.07) is 11.7. The number of nitrogens with one attached hydrogen (secondary N) is 1. The molecule has 0 spiro atoms. The Morgan fingerprint density at radius 2 is 2.17 bits per heavy atom. The van der Waals surface area contributed by atoms with Gasteiger partial charge in [0.05, 0.1) is 19.2 Å². The Hall–Kier alpha value is -2.76. The molecule has 0 saturated carbocycles. The highest BCUT2D eigenvalue weighted by Gasteiger charge is 2.21. The van der Waals surface area contributed by atoms with Crippen LogP contribution in [0.25, 0.3) is 0 Å². The second-order valence-electron chi connectivity index (χ2n) is 5.94. The predicted octanol–water partition coefficient (Wildman–Crippen LogP) is 1.62. The van der Waals surface area contributed by atoms with E-state index in [-0.39, 0.29) is 18.1 Å². The first-order valence-electron chi connectivity index (χ1n) is 8.00. The number of nitrogens with zero attached hydrogens (tertiary/aromatic N) is 2. The second kappa shape index (κ2) is 6.78. The Morgan fingerprint density at radius 3 is 3.00 bits per heavy atom. The molecule has 1 aromatic heterocycles. The highest BCUT2D eigenvalue weighted by Crippen LogP contribution is 2.31. The lowest BCUT2D eigenvalue weighted by molar-refractivity contribution is 0.262. The zero-order valence-electron chi connectivity index (χ0n) is 14.0. The molecular weight excluding hydrogens is 304 g/mol. The van der Waals surface area contributed by atoms with E-state index in [4.69, 9.17) is 10.5 Å². The predicted molar refractivity (Wildman–Crippen MR) is 94.2 cm³/mol. The number of aromatic nitrogens is 1. The van der Waals surface area contributed by atoms with Gasteiger partial charge < -0.3 is 20.4 Å². The van der Waals surface area contributed by atoms with Gasteiger partial charge in [0.2, 0.25) is 0 Å². The zero-order valence-corrected chi connectivity index (χ0v) is 14.0. The first-order valence-corrected chi connectivity index (χ1v) is 8.00. The molecule has 2 aromatic rings. The molecule has 126 valence electrons. The molecule has 0 aliphatic carbocycles. The van der Waals surface area contributed by atoms with E-state index < -0.39 is 0 Å². The number of rotatable bonds is 3. The third-order valence-electron chi connectivity index (χ3n) is 4.33. The minimum absolute atomic E-state index is 0.0389. The summed E-state index contributed by atoms with van der Waals surface area (Å²) in [6.07, 6.45) is 0.819. The van der Waals surface area contributed by atoms with Gasteiger partial charge in [0.25, 0.3) is 5.56 Å². The summed E-state index contributed by atoms with van der Waals surface area (Å²) < 4.78 is 7.25. The summed E-state index contributed by atoms with van der Waals surface area (Å²) in [5.74, 6) is 1.21. The smallest absolute Gasteiger partial charge is 0.255 e. The number of fused-ring (bicyclic) bond motifs is 1. The number of hydrogen-bond donors (Lipinski definition) is 2. The first kappa shape index (κ1) is 16.1. The van der Waals surface area contributed by atoms with E-state index in [0.717, 1.165) is 23.4 Å². The molecule has 3 N–H and O–H groups in total. The number of nitrogens with two attached hydrogens (primary N) is 1. The van der Waals surface area contributed by atoms with E-state index in [2.05, 4.69) is 10.3 Å². The Morgan fingerprint density at radius 1 is 1.38 bits per heavy atom. The molecule has 0 radical (unpaired) electrons. The highest BCUT2D eigenvalue weighted by atomic mass is 16.5. The van der Waals surface area contributed by atoms with Gasteiger partial charge >= 0.3 is 0 Å². The molecule has 1 aromatic carbocycles. The average Bonchev–Trinajstić information content (AvgIpc) is 2.59. The molecular formula is C18H22N4O2. The monoisotopic (exact) mass is 326 g/mol. The van der Waals surface area contributed by atoms with Gasteiger partial charge in [-0.05, 0) is 25.1 Å². The van der Waals surface area contributed by atoms with E-state index in [1.165, 1.54) is 0 Å². The number of pyridine rings is 1. The standard InChI is InChI=1S/C18H22N4O2/c1-12-7-8-13(17(23)22(12)2)11-20-18(19)21-15-9-10-24-16-6-4-3-5-14(15)16/h3-8,15H,9-11H2,1-2H3,(H3,19,20,21). The van der Waals surface area contributed by atoms with Gasteiger partial charge in [-0.3, -0.25) is 4.79 Å². The highest BCUT2D eigenvalue weighted by molar-refractivity contribution is 5.78. The largest absolute Gasteiger partial charge is 0.493 e. The maximum absolute atomic E-state index is 12.2. The lowest BCUT2D eigenvalue weighted by atomic mass is 10.0. The van der Waals surface area contributed by atoms with Gasteiger partial charge in [0.15, 0.2) is 5.96 Å². The van der Waals surface area contributed by atoms with E-state index in [0.29, 0.717) is 18.1 Å². The van der Waals surface area contributed by atoms with Crippen LogP contribution in [0.2, 0.25) is 0 Å². The average molecular weight is 326 g/mol. The van der Waals surface area contributed by atoms with Crippen molar-refractivity contribution in [3.05, 3.63) is 63.6 Å². The molecule has 0 fully saturated rings. The number of ether oxygens (including phenoxy) is 1. The van der Waals surface area contributed by atoms with Gasteiger partial charge in [-0.15, -0.1) is 0 Å².